The number of carbonyl (C=O) groups excluding carboxylic acids is 1. The van der Waals surface area contributed by atoms with Gasteiger partial charge in [0.15, 0.2) is 0 Å². The number of hydrogen-bond acceptors (Lipinski definition) is 4. The fraction of sp³-hybridized carbons (Fsp3) is 0.227. The summed E-state index contributed by atoms with van der Waals surface area (Å²) in [4.78, 5) is 14.6. The zero-order valence-corrected chi connectivity index (χ0v) is 16.9. The second-order valence-corrected chi connectivity index (χ2v) is 8.71. The van der Waals surface area contributed by atoms with Gasteiger partial charge < -0.3 is 9.64 Å². The van der Waals surface area contributed by atoms with Crippen LogP contribution in [0.5, 0.6) is 5.75 Å². The maximum atomic E-state index is 13.0. The van der Waals surface area contributed by atoms with E-state index in [1.807, 2.05) is 30.3 Å². The third-order valence-corrected chi connectivity index (χ3v) is 6.49. The Morgan fingerprint density at radius 2 is 1.69 bits per heavy atom. The van der Waals surface area contributed by atoms with E-state index in [2.05, 4.69) is 4.72 Å². The molecule has 1 aliphatic heterocycles. The normalized spacial score (nSPS) is 14.2. The van der Waals surface area contributed by atoms with Crippen molar-refractivity contribution < 1.29 is 17.9 Å². The first-order valence-corrected chi connectivity index (χ1v) is 11.0. The van der Waals surface area contributed by atoms with Crippen LogP contribution in [0.25, 0.3) is 10.8 Å². The van der Waals surface area contributed by atoms with Crippen molar-refractivity contribution in [3.05, 3.63) is 66.2 Å². The smallest absolute Gasteiger partial charge is 0.261 e. The predicted molar refractivity (Wildman–Crippen MR) is 113 cm³/mol. The maximum Gasteiger partial charge on any atom is 0.261 e. The lowest BCUT2D eigenvalue weighted by Gasteiger charge is -2.18. The molecule has 6 nitrogen and oxygen atoms in total. The molecule has 0 radical (unpaired) electrons. The molecule has 0 unspecified atom stereocenters. The summed E-state index contributed by atoms with van der Waals surface area (Å²) in [6.07, 6.45) is 1.91. The third kappa shape index (κ3) is 3.91. The van der Waals surface area contributed by atoms with Crippen LogP contribution in [0.4, 0.5) is 5.69 Å². The minimum absolute atomic E-state index is 0.0222. The maximum absolute atomic E-state index is 13.0. The summed E-state index contributed by atoms with van der Waals surface area (Å²) in [5, 5.41) is 1.96. The predicted octanol–water partition coefficient (Wildman–Crippen LogP) is 3.89. The fourth-order valence-electron chi connectivity index (χ4n) is 3.58. The highest BCUT2D eigenvalue weighted by atomic mass is 32.2. The molecule has 1 amide bonds. The van der Waals surface area contributed by atoms with Crippen LogP contribution in [-0.2, 0) is 10.0 Å². The third-order valence-electron chi connectivity index (χ3n) is 5.11. The van der Waals surface area contributed by atoms with Crippen LogP contribution in [0.1, 0.15) is 23.2 Å². The van der Waals surface area contributed by atoms with Gasteiger partial charge in [-0.2, -0.15) is 0 Å². The van der Waals surface area contributed by atoms with Crippen LogP contribution in [0.3, 0.4) is 0 Å². The van der Waals surface area contributed by atoms with Gasteiger partial charge in [-0.25, -0.2) is 8.42 Å². The highest BCUT2D eigenvalue weighted by Crippen LogP contribution is 2.27. The molecule has 1 aliphatic rings. The van der Waals surface area contributed by atoms with Crippen molar-refractivity contribution in [1.29, 1.82) is 0 Å². The SMILES string of the molecule is COc1ccc(S(=O)(=O)Nc2ccc3ccccc3c2)cc1C(=O)N1CCCC1. The lowest BCUT2D eigenvalue weighted by atomic mass is 10.1. The second-order valence-electron chi connectivity index (χ2n) is 7.03. The second kappa shape index (κ2) is 7.75. The molecule has 3 aromatic rings. The zero-order valence-electron chi connectivity index (χ0n) is 16.1. The fourth-order valence-corrected chi connectivity index (χ4v) is 4.65. The number of methoxy groups -OCH3 is 1. The van der Waals surface area contributed by atoms with Gasteiger partial charge in [0.2, 0.25) is 0 Å². The topological polar surface area (TPSA) is 75.7 Å². The average molecular weight is 410 g/mol. The minimum atomic E-state index is -3.86. The van der Waals surface area contributed by atoms with Gasteiger partial charge >= 0.3 is 0 Å². The molecule has 0 bridgehead atoms. The van der Waals surface area contributed by atoms with Gasteiger partial charge in [-0.05, 0) is 53.9 Å². The van der Waals surface area contributed by atoms with Crippen molar-refractivity contribution in [1.82, 2.24) is 4.90 Å². The van der Waals surface area contributed by atoms with Gasteiger partial charge in [-0.3, -0.25) is 9.52 Å². The number of amides is 1. The first-order valence-electron chi connectivity index (χ1n) is 9.47. The van der Waals surface area contributed by atoms with Crippen molar-refractivity contribution >= 4 is 32.4 Å². The summed E-state index contributed by atoms with van der Waals surface area (Å²) >= 11 is 0. The molecule has 4 rings (SSSR count). The van der Waals surface area contributed by atoms with Crippen molar-refractivity contribution in [2.24, 2.45) is 0 Å². The summed E-state index contributed by atoms with van der Waals surface area (Å²) in [6, 6.07) is 17.5. The van der Waals surface area contributed by atoms with E-state index in [1.54, 1.807) is 17.0 Å². The molecule has 3 aromatic carbocycles. The van der Waals surface area contributed by atoms with E-state index in [9.17, 15) is 13.2 Å². The number of fused-ring (bicyclic) bond motifs is 1. The molecule has 1 N–H and O–H groups in total. The molecule has 0 aromatic heterocycles. The number of hydrogen-bond donors (Lipinski definition) is 1. The Morgan fingerprint density at radius 3 is 2.41 bits per heavy atom. The number of ether oxygens (including phenoxy) is 1. The Bertz CT molecular complexity index is 1170. The van der Waals surface area contributed by atoms with Crippen LogP contribution < -0.4 is 9.46 Å². The number of rotatable bonds is 5. The Balaban J connectivity index is 1.66. The molecule has 1 heterocycles. The molecular formula is C22H22N2O4S. The van der Waals surface area contributed by atoms with Crippen LogP contribution in [0, 0.1) is 0 Å². The van der Waals surface area contributed by atoms with E-state index in [0.717, 1.165) is 23.6 Å². The van der Waals surface area contributed by atoms with E-state index < -0.39 is 10.0 Å². The molecule has 0 atom stereocenters. The van der Waals surface area contributed by atoms with E-state index in [1.165, 1.54) is 25.3 Å². The van der Waals surface area contributed by atoms with Gasteiger partial charge in [0.1, 0.15) is 5.75 Å². The van der Waals surface area contributed by atoms with Crippen molar-refractivity contribution in [3.63, 3.8) is 0 Å². The van der Waals surface area contributed by atoms with Crippen molar-refractivity contribution in [3.8, 4) is 5.75 Å². The van der Waals surface area contributed by atoms with Crippen LogP contribution in [0.15, 0.2) is 65.6 Å². The van der Waals surface area contributed by atoms with E-state index in [-0.39, 0.29) is 16.4 Å². The quantitative estimate of drug-likeness (QED) is 0.693. The molecule has 29 heavy (non-hydrogen) atoms. The summed E-state index contributed by atoms with van der Waals surface area (Å²) in [7, 11) is -2.39. The molecule has 1 saturated heterocycles. The summed E-state index contributed by atoms with van der Waals surface area (Å²) in [5.74, 6) is 0.161. The van der Waals surface area contributed by atoms with Gasteiger partial charge in [-0.15, -0.1) is 0 Å². The average Bonchev–Trinajstić information content (AvgIpc) is 3.27. The molecule has 0 saturated carbocycles. The Labute approximate surface area is 170 Å². The highest BCUT2D eigenvalue weighted by molar-refractivity contribution is 7.92. The van der Waals surface area contributed by atoms with Gasteiger partial charge in [0.25, 0.3) is 15.9 Å². The minimum Gasteiger partial charge on any atom is -0.496 e. The van der Waals surface area contributed by atoms with E-state index >= 15 is 0 Å². The Kier molecular flexibility index (Phi) is 5.15. The number of carbonyl (C=O) groups is 1. The molecule has 150 valence electrons. The number of sulfonamides is 1. The van der Waals surface area contributed by atoms with E-state index in [0.29, 0.717) is 24.5 Å². The number of nitrogens with one attached hydrogen (secondary N) is 1. The summed E-state index contributed by atoms with van der Waals surface area (Å²) in [6.45, 7) is 1.35. The number of anilines is 1. The highest BCUT2D eigenvalue weighted by Gasteiger charge is 2.25. The first kappa shape index (κ1) is 19.3. The van der Waals surface area contributed by atoms with Gasteiger partial charge in [0.05, 0.1) is 17.6 Å². The van der Waals surface area contributed by atoms with Crippen LogP contribution >= 0.6 is 0 Å². The van der Waals surface area contributed by atoms with E-state index in [4.69, 9.17) is 4.74 Å². The van der Waals surface area contributed by atoms with Crippen LogP contribution in [0.2, 0.25) is 0 Å². The monoisotopic (exact) mass is 410 g/mol. The first-order chi connectivity index (χ1) is 14.0. The molecule has 7 heteroatoms. The van der Waals surface area contributed by atoms with Crippen molar-refractivity contribution in [2.45, 2.75) is 17.7 Å². The largest absolute Gasteiger partial charge is 0.496 e. The Hall–Kier alpha value is -3.06. The lowest BCUT2D eigenvalue weighted by Crippen LogP contribution is -2.28. The lowest BCUT2D eigenvalue weighted by molar-refractivity contribution is 0.0789. The van der Waals surface area contributed by atoms with Gasteiger partial charge in [-0.1, -0.05) is 30.3 Å². The molecular weight excluding hydrogens is 388 g/mol. The van der Waals surface area contributed by atoms with Gasteiger partial charge in [0, 0.05) is 18.8 Å². The van der Waals surface area contributed by atoms with Crippen LogP contribution in [-0.4, -0.2) is 39.4 Å². The Morgan fingerprint density at radius 1 is 0.966 bits per heavy atom. The molecule has 0 aliphatic carbocycles. The number of nitrogens with zero attached hydrogens (tertiary/aromatic N) is 1. The number of benzene rings is 3. The number of likely N-dealkylation sites (tertiary alicyclic amines) is 1. The molecule has 1 fully saturated rings. The summed E-state index contributed by atoms with van der Waals surface area (Å²) < 4.78 is 33.8. The molecule has 0 spiro atoms. The summed E-state index contributed by atoms with van der Waals surface area (Å²) in [5.41, 5.74) is 0.725. The zero-order chi connectivity index (χ0) is 20.4. The van der Waals surface area contributed by atoms with Crippen molar-refractivity contribution in [2.75, 3.05) is 24.9 Å². The standard InChI is InChI=1S/C22H22N2O4S/c1-28-21-11-10-19(15-20(21)22(25)24-12-4-5-13-24)29(26,27)23-18-9-8-16-6-2-3-7-17(16)14-18/h2-3,6-11,14-15,23H,4-5,12-13H2,1H3.